The lowest BCUT2D eigenvalue weighted by Gasteiger charge is -2.26. The van der Waals surface area contributed by atoms with E-state index in [4.69, 9.17) is 16.9 Å². The smallest absolute Gasteiger partial charge is 0.0822 e. The summed E-state index contributed by atoms with van der Waals surface area (Å²) >= 11 is 6.09. The first kappa shape index (κ1) is 12.8. The minimum Gasteiger partial charge on any atom is -0.369 e. The molecular weight excluding hydrogens is 222 g/mol. The molecule has 4 heteroatoms. The largest absolute Gasteiger partial charge is 0.369 e. The van der Waals surface area contributed by atoms with Crippen LogP contribution in [0.15, 0.2) is 18.5 Å². The highest BCUT2D eigenvalue weighted by Gasteiger charge is 2.11. The summed E-state index contributed by atoms with van der Waals surface area (Å²) in [6, 6.07) is 4.05. The predicted molar refractivity (Wildman–Crippen MR) is 66.5 cm³/mol. The number of aromatic nitrogens is 1. The van der Waals surface area contributed by atoms with Crippen LogP contribution in [0.5, 0.6) is 0 Å². The molecule has 0 saturated heterocycles. The van der Waals surface area contributed by atoms with Gasteiger partial charge in [-0.25, -0.2) is 0 Å². The molecule has 0 aliphatic carbocycles. The zero-order chi connectivity index (χ0) is 12.0. The van der Waals surface area contributed by atoms with Crippen molar-refractivity contribution in [1.29, 1.82) is 5.26 Å². The molecule has 0 atom stereocenters. The Morgan fingerprint density at radius 3 is 2.88 bits per heavy atom. The van der Waals surface area contributed by atoms with Crippen molar-refractivity contribution in [1.82, 2.24) is 4.98 Å². The number of halogens is 1. The van der Waals surface area contributed by atoms with E-state index in [2.05, 4.69) is 29.8 Å². The van der Waals surface area contributed by atoms with Gasteiger partial charge in [-0.2, -0.15) is 5.26 Å². The molecule has 86 valence electrons. The monoisotopic (exact) mass is 237 g/mol. The van der Waals surface area contributed by atoms with Crippen LogP contribution >= 0.6 is 11.6 Å². The Bertz CT molecular complexity index is 371. The summed E-state index contributed by atoms with van der Waals surface area (Å²) in [5.41, 5.74) is 0.959. The second-order valence-corrected chi connectivity index (χ2v) is 4.48. The van der Waals surface area contributed by atoms with E-state index in [1.165, 1.54) is 0 Å². The predicted octanol–water partition coefficient (Wildman–Crippen LogP) is 3.11. The third-order valence-corrected chi connectivity index (χ3v) is 2.46. The van der Waals surface area contributed by atoms with Crippen LogP contribution in [0.4, 0.5) is 5.69 Å². The summed E-state index contributed by atoms with van der Waals surface area (Å²) in [5.74, 6) is 0.530. The average molecular weight is 238 g/mol. The van der Waals surface area contributed by atoms with Gasteiger partial charge in [0, 0.05) is 25.5 Å². The van der Waals surface area contributed by atoms with Crippen molar-refractivity contribution in [3.63, 3.8) is 0 Å². The van der Waals surface area contributed by atoms with E-state index >= 15 is 0 Å². The van der Waals surface area contributed by atoms with Crippen LogP contribution in [0.1, 0.15) is 20.3 Å². The van der Waals surface area contributed by atoms with Gasteiger partial charge in [-0.3, -0.25) is 4.98 Å². The third kappa shape index (κ3) is 3.71. The molecule has 16 heavy (non-hydrogen) atoms. The Balaban J connectivity index is 2.83. The Labute approximate surface area is 102 Å². The number of rotatable bonds is 5. The highest BCUT2D eigenvalue weighted by molar-refractivity contribution is 6.33. The van der Waals surface area contributed by atoms with Gasteiger partial charge in [0.2, 0.25) is 0 Å². The van der Waals surface area contributed by atoms with Crippen LogP contribution in [-0.4, -0.2) is 18.1 Å². The molecule has 0 radical (unpaired) electrons. The standard InChI is InChI=1S/C12H16ClN3/c1-10(2)9-16(7-3-5-14)12-4-6-15-8-11(12)13/h4,6,8,10H,3,7,9H2,1-2H3. The topological polar surface area (TPSA) is 39.9 Å². The van der Waals surface area contributed by atoms with Crippen LogP contribution in [0.2, 0.25) is 5.02 Å². The molecule has 1 heterocycles. The Hall–Kier alpha value is -1.27. The van der Waals surface area contributed by atoms with Crippen molar-refractivity contribution >= 4 is 17.3 Å². The Morgan fingerprint density at radius 2 is 2.31 bits per heavy atom. The molecular formula is C12H16ClN3. The van der Waals surface area contributed by atoms with E-state index in [0.717, 1.165) is 12.2 Å². The van der Waals surface area contributed by atoms with Crippen LogP contribution in [0, 0.1) is 17.2 Å². The summed E-state index contributed by atoms with van der Waals surface area (Å²) in [4.78, 5) is 6.10. The number of nitriles is 1. The van der Waals surface area contributed by atoms with Crippen LogP contribution in [0.25, 0.3) is 0 Å². The lowest BCUT2D eigenvalue weighted by molar-refractivity contribution is 0.612. The number of hydrogen-bond donors (Lipinski definition) is 0. The molecule has 0 bridgehead atoms. The lowest BCUT2D eigenvalue weighted by atomic mass is 10.2. The van der Waals surface area contributed by atoms with E-state index in [1.807, 2.05) is 6.07 Å². The molecule has 0 aromatic carbocycles. The second kappa shape index (κ2) is 6.34. The third-order valence-electron chi connectivity index (χ3n) is 2.17. The molecule has 0 unspecified atom stereocenters. The van der Waals surface area contributed by atoms with E-state index in [-0.39, 0.29) is 0 Å². The fourth-order valence-corrected chi connectivity index (χ4v) is 1.80. The number of hydrogen-bond acceptors (Lipinski definition) is 3. The van der Waals surface area contributed by atoms with Gasteiger partial charge in [-0.15, -0.1) is 0 Å². The average Bonchev–Trinajstić information content (AvgIpc) is 2.24. The molecule has 1 rings (SSSR count). The molecule has 0 saturated carbocycles. The van der Waals surface area contributed by atoms with Crippen molar-refractivity contribution in [2.24, 2.45) is 5.92 Å². The van der Waals surface area contributed by atoms with Crippen LogP contribution in [-0.2, 0) is 0 Å². The van der Waals surface area contributed by atoms with Crippen molar-refractivity contribution in [3.8, 4) is 6.07 Å². The molecule has 0 fully saturated rings. The van der Waals surface area contributed by atoms with Gasteiger partial charge in [0.1, 0.15) is 0 Å². The second-order valence-electron chi connectivity index (χ2n) is 4.08. The zero-order valence-electron chi connectivity index (χ0n) is 9.65. The van der Waals surface area contributed by atoms with Crippen molar-refractivity contribution in [2.45, 2.75) is 20.3 Å². The van der Waals surface area contributed by atoms with Gasteiger partial charge in [-0.1, -0.05) is 25.4 Å². The highest BCUT2D eigenvalue weighted by Crippen LogP contribution is 2.24. The molecule has 0 N–H and O–H groups in total. The maximum absolute atomic E-state index is 8.64. The number of pyridine rings is 1. The minimum absolute atomic E-state index is 0.505. The van der Waals surface area contributed by atoms with Gasteiger partial charge in [-0.05, 0) is 12.0 Å². The van der Waals surface area contributed by atoms with Gasteiger partial charge >= 0.3 is 0 Å². The number of nitrogens with zero attached hydrogens (tertiary/aromatic N) is 3. The fraction of sp³-hybridized carbons (Fsp3) is 0.500. The first-order valence-corrected chi connectivity index (χ1v) is 5.74. The van der Waals surface area contributed by atoms with E-state index in [9.17, 15) is 0 Å². The maximum atomic E-state index is 8.64. The van der Waals surface area contributed by atoms with Crippen LogP contribution in [0.3, 0.4) is 0 Å². The van der Waals surface area contributed by atoms with Crippen molar-refractivity contribution < 1.29 is 0 Å². The molecule has 0 spiro atoms. The first-order chi connectivity index (χ1) is 7.65. The van der Waals surface area contributed by atoms with Gasteiger partial charge < -0.3 is 4.90 Å². The molecule has 0 aliphatic rings. The molecule has 1 aromatic rings. The first-order valence-electron chi connectivity index (χ1n) is 5.36. The zero-order valence-corrected chi connectivity index (χ0v) is 10.4. The quantitative estimate of drug-likeness (QED) is 0.790. The van der Waals surface area contributed by atoms with Crippen molar-refractivity contribution in [3.05, 3.63) is 23.5 Å². The van der Waals surface area contributed by atoms with Crippen molar-refractivity contribution in [2.75, 3.05) is 18.0 Å². The van der Waals surface area contributed by atoms with Crippen LogP contribution < -0.4 is 4.90 Å². The van der Waals surface area contributed by atoms with E-state index < -0.39 is 0 Å². The van der Waals surface area contributed by atoms with E-state index in [1.54, 1.807) is 12.4 Å². The maximum Gasteiger partial charge on any atom is 0.0822 e. The summed E-state index contributed by atoms with van der Waals surface area (Å²) in [6.45, 7) is 5.90. The summed E-state index contributed by atoms with van der Waals surface area (Å²) in [6.07, 6.45) is 3.86. The summed E-state index contributed by atoms with van der Waals surface area (Å²) < 4.78 is 0. The molecule has 3 nitrogen and oxygen atoms in total. The van der Waals surface area contributed by atoms with Gasteiger partial charge in [0.25, 0.3) is 0 Å². The minimum atomic E-state index is 0.505. The molecule has 0 amide bonds. The SMILES string of the molecule is CC(C)CN(CCC#N)c1ccncc1Cl. The summed E-state index contributed by atoms with van der Waals surface area (Å²) in [5, 5.41) is 9.28. The summed E-state index contributed by atoms with van der Waals surface area (Å²) in [7, 11) is 0. The number of anilines is 1. The fourth-order valence-electron chi connectivity index (χ4n) is 1.56. The normalized spacial score (nSPS) is 10.2. The molecule has 0 aliphatic heterocycles. The Morgan fingerprint density at radius 1 is 1.56 bits per heavy atom. The molecule has 1 aromatic heterocycles. The Kier molecular flexibility index (Phi) is 5.07. The highest BCUT2D eigenvalue weighted by atomic mass is 35.5. The van der Waals surface area contributed by atoms with Gasteiger partial charge in [0.15, 0.2) is 0 Å². The van der Waals surface area contributed by atoms with Gasteiger partial charge in [0.05, 0.1) is 23.2 Å². The lowest BCUT2D eigenvalue weighted by Crippen LogP contribution is -2.28. The van der Waals surface area contributed by atoms with E-state index in [0.29, 0.717) is 23.9 Å².